The van der Waals surface area contributed by atoms with Crippen LogP contribution >= 0.6 is 0 Å². The summed E-state index contributed by atoms with van der Waals surface area (Å²) in [5.41, 5.74) is 8.33. The Kier molecular flexibility index (Phi) is 6.36. The predicted octanol–water partition coefficient (Wildman–Crippen LogP) is 14.6. The fourth-order valence-corrected chi connectivity index (χ4v) is 6.81. The van der Waals surface area contributed by atoms with Crippen LogP contribution in [-0.4, -0.2) is 0 Å². The SMILES string of the molecule is [2H]c1c([2H])c([2H])c(-c2c([2H])c([2H])c(N(c3ccc(-c4cc(-c5ccccc5)cc(-c5ccccc5)c4)cc3)c3cccc(-c4cccc5ccccc45)c3)c([2H])c2[2H])c([2H])c1[2H]. The van der Waals surface area contributed by atoms with Gasteiger partial charge in [0.15, 0.2) is 0 Å². The molecular formula is C52H37N. The molecule has 0 atom stereocenters. The standard InChI is InChI=1S/C52H37N/c1-4-14-38(15-5-1)41-26-30-48(31-27-41)53(50-23-12-22-44(37-50)52-25-13-21-43-20-10-11-24-51(43)52)49-32-28-42(29-33-49)47-35-45(39-16-6-2-7-17-39)34-46(36-47)40-18-8-3-9-19-40/h1-37H/i1D,4D,5D,14D,15D,26D,27D,30D,31D. The van der Waals surface area contributed by atoms with Crippen LogP contribution in [0.25, 0.3) is 66.4 Å². The highest BCUT2D eigenvalue weighted by molar-refractivity contribution is 5.97. The number of hydrogen-bond donors (Lipinski definition) is 0. The van der Waals surface area contributed by atoms with E-state index in [0.717, 1.165) is 55.3 Å². The van der Waals surface area contributed by atoms with Crippen LogP contribution in [0.4, 0.5) is 17.1 Å². The molecule has 53 heavy (non-hydrogen) atoms. The third kappa shape index (κ3) is 6.65. The van der Waals surface area contributed by atoms with E-state index in [1.807, 2.05) is 109 Å². The van der Waals surface area contributed by atoms with Gasteiger partial charge in [0.25, 0.3) is 0 Å². The second-order valence-corrected chi connectivity index (χ2v) is 12.7. The van der Waals surface area contributed by atoms with E-state index in [1.165, 1.54) is 0 Å². The van der Waals surface area contributed by atoms with E-state index in [9.17, 15) is 5.48 Å². The Morgan fingerprint density at radius 1 is 0.302 bits per heavy atom. The van der Waals surface area contributed by atoms with Crippen molar-refractivity contribution in [2.24, 2.45) is 0 Å². The largest absolute Gasteiger partial charge is 0.310 e. The van der Waals surface area contributed by atoms with Gasteiger partial charge >= 0.3 is 0 Å². The maximum atomic E-state index is 9.47. The Bertz CT molecular complexity index is 3050. The van der Waals surface area contributed by atoms with Crippen molar-refractivity contribution in [1.29, 1.82) is 0 Å². The minimum absolute atomic E-state index is 0.0589. The summed E-state index contributed by atoms with van der Waals surface area (Å²) >= 11 is 0. The quantitative estimate of drug-likeness (QED) is 0.154. The minimum atomic E-state index is -0.626. The van der Waals surface area contributed by atoms with Gasteiger partial charge in [0.2, 0.25) is 0 Å². The Balaban J connectivity index is 1.24. The van der Waals surface area contributed by atoms with Crippen molar-refractivity contribution in [1.82, 2.24) is 0 Å². The Labute approximate surface area is 324 Å². The molecule has 0 fully saturated rings. The maximum absolute atomic E-state index is 9.47. The van der Waals surface area contributed by atoms with E-state index < -0.39 is 54.4 Å². The third-order valence-corrected chi connectivity index (χ3v) is 9.40. The second kappa shape index (κ2) is 14.3. The van der Waals surface area contributed by atoms with Gasteiger partial charge in [-0.05, 0) is 121 Å². The van der Waals surface area contributed by atoms with Crippen LogP contribution in [0.5, 0.6) is 0 Å². The van der Waals surface area contributed by atoms with Gasteiger partial charge in [-0.3, -0.25) is 0 Å². The van der Waals surface area contributed by atoms with Crippen molar-refractivity contribution in [2.75, 3.05) is 4.90 Å². The van der Waals surface area contributed by atoms with E-state index in [1.54, 1.807) is 4.90 Å². The molecule has 1 heteroatoms. The lowest BCUT2D eigenvalue weighted by atomic mass is 9.93. The summed E-state index contributed by atoms with van der Waals surface area (Å²) < 4.78 is 79.3. The van der Waals surface area contributed by atoms with Crippen molar-refractivity contribution in [3.63, 3.8) is 0 Å². The van der Waals surface area contributed by atoms with Gasteiger partial charge in [-0.25, -0.2) is 0 Å². The first-order chi connectivity index (χ1) is 30.0. The fraction of sp³-hybridized carbons (Fsp3) is 0. The second-order valence-electron chi connectivity index (χ2n) is 12.7. The molecule has 0 amide bonds. The highest BCUT2D eigenvalue weighted by Crippen LogP contribution is 2.40. The first-order valence-electron chi connectivity index (χ1n) is 21.9. The molecule has 0 N–H and O–H groups in total. The molecule has 1 nitrogen and oxygen atoms in total. The number of benzene rings is 9. The monoisotopic (exact) mass is 684 g/mol. The van der Waals surface area contributed by atoms with Crippen LogP contribution in [0.15, 0.2) is 224 Å². The van der Waals surface area contributed by atoms with Crippen LogP contribution in [-0.2, 0) is 0 Å². The first kappa shape index (κ1) is 23.5. The smallest absolute Gasteiger partial charge is 0.0645 e. The maximum Gasteiger partial charge on any atom is 0.0645 e. The van der Waals surface area contributed by atoms with Gasteiger partial charge in [-0.2, -0.15) is 0 Å². The van der Waals surface area contributed by atoms with Crippen LogP contribution in [0.1, 0.15) is 12.3 Å². The number of fused-ring (bicyclic) bond motifs is 1. The molecule has 0 bridgehead atoms. The molecule has 0 unspecified atom stereocenters. The zero-order chi connectivity index (χ0) is 43.2. The van der Waals surface area contributed by atoms with Gasteiger partial charge in [-0.15, -0.1) is 0 Å². The van der Waals surface area contributed by atoms with Crippen molar-refractivity contribution in [3.8, 4) is 55.6 Å². The summed E-state index contributed by atoms with van der Waals surface area (Å²) in [5, 5.41) is 2.11. The Morgan fingerprint density at radius 3 is 1.49 bits per heavy atom. The molecule has 0 aromatic heterocycles. The van der Waals surface area contributed by atoms with E-state index in [-0.39, 0.29) is 16.8 Å². The van der Waals surface area contributed by atoms with Crippen LogP contribution in [0.3, 0.4) is 0 Å². The fourth-order valence-electron chi connectivity index (χ4n) is 6.81. The van der Waals surface area contributed by atoms with Crippen molar-refractivity contribution in [3.05, 3.63) is 224 Å². The van der Waals surface area contributed by atoms with E-state index >= 15 is 0 Å². The number of hydrogen-bond acceptors (Lipinski definition) is 1. The molecule has 9 rings (SSSR count). The van der Waals surface area contributed by atoms with Crippen molar-refractivity contribution >= 4 is 27.8 Å². The van der Waals surface area contributed by atoms with Crippen molar-refractivity contribution < 1.29 is 12.3 Å². The lowest BCUT2D eigenvalue weighted by Gasteiger charge is -2.26. The van der Waals surface area contributed by atoms with Gasteiger partial charge in [0, 0.05) is 17.1 Å². The Morgan fingerprint density at radius 2 is 0.830 bits per heavy atom. The van der Waals surface area contributed by atoms with E-state index in [2.05, 4.69) is 60.7 Å². The summed E-state index contributed by atoms with van der Waals surface area (Å²) in [4.78, 5) is 1.70. The predicted molar refractivity (Wildman–Crippen MR) is 226 cm³/mol. The minimum Gasteiger partial charge on any atom is -0.310 e. The highest BCUT2D eigenvalue weighted by Gasteiger charge is 2.16. The first-order valence-corrected chi connectivity index (χ1v) is 17.4. The zero-order valence-corrected chi connectivity index (χ0v) is 28.6. The topological polar surface area (TPSA) is 3.24 Å². The van der Waals surface area contributed by atoms with Gasteiger partial charge < -0.3 is 4.90 Å². The molecule has 0 saturated carbocycles. The molecule has 0 aliphatic rings. The molecule has 0 heterocycles. The number of nitrogens with zero attached hydrogens (tertiary/aromatic N) is 1. The third-order valence-electron chi connectivity index (χ3n) is 9.40. The molecule has 9 aromatic rings. The summed E-state index contributed by atoms with van der Waals surface area (Å²) in [5.74, 6) is 0. The summed E-state index contributed by atoms with van der Waals surface area (Å²) in [6, 6.07) is 51.5. The normalized spacial score (nSPS) is 13.4. The summed E-state index contributed by atoms with van der Waals surface area (Å²) in [7, 11) is 0. The summed E-state index contributed by atoms with van der Waals surface area (Å²) in [6.07, 6.45) is 0. The molecule has 0 saturated heterocycles. The zero-order valence-electron chi connectivity index (χ0n) is 37.6. The lowest BCUT2D eigenvalue weighted by molar-refractivity contribution is 1.28. The Hall–Kier alpha value is -6.96. The van der Waals surface area contributed by atoms with Gasteiger partial charge in [0.05, 0.1) is 12.3 Å². The van der Waals surface area contributed by atoms with Crippen LogP contribution < -0.4 is 4.90 Å². The number of rotatable bonds is 8. The summed E-state index contributed by atoms with van der Waals surface area (Å²) in [6.45, 7) is 0. The van der Waals surface area contributed by atoms with Gasteiger partial charge in [-0.1, -0.05) is 170 Å². The van der Waals surface area contributed by atoms with Gasteiger partial charge in [0.1, 0.15) is 0 Å². The molecule has 9 aromatic carbocycles. The molecule has 0 spiro atoms. The molecular weight excluding hydrogens is 639 g/mol. The molecule has 0 radical (unpaired) electrons. The van der Waals surface area contributed by atoms with Crippen LogP contribution in [0, 0.1) is 0 Å². The van der Waals surface area contributed by atoms with Crippen LogP contribution in [0.2, 0.25) is 0 Å². The van der Waals surface area contributed by atoms with E-state index in [0.29, 0.717) is 11.4 Å². The molecule has 0 aliphatic heterocycles. The average molecular weight is 685 g/mol. The average Bonchev–Trinajstić information content (AvgIpc) is 3.32. The highest BCUT2D eigenvalue weighted by atomic mass is 15.1. The molecule has 250 valence electrons. The number of anilines is 3. The molecule has 0 aliphatic carbocycles. The van der Waals surface area contributed by atoms with Crippen molar-refractivity contribution in [2.45, 2.75) is 0 Å². The lowest BCUT2D eigenvalue weighted by Crippen LogP contribution is -2.10. The van der Waals surface area contributed by atoms with E-state index in [4.69, 9.17) is 6.85 Å².